The number of pyridine rings is 1. The van der Waals surface area contributed by atoms with Gasteiger partial charge in [0.2, 0.25) is 5.43 Å². The number of aromatic nitrogens is 1. The van der Waals surface area contributed by atoms with Gasteiger partial charge < -0.3 is 9.88 Å². The first kappa shape index (κ1) is 18.0. The Kier molecular flexibility index (Phi) is 5.01. The van der Waals surface area contributed by atoms with Crippen LogP contribution in [0.3, 0.4) is 0 Å². The lowest BCUT2D eigenvalue weighted by molar-refractivity contribution is -0.137. The number of fused-ring (bicyclic) bond motifs is 1. The molecule has 1 aromatic carbocycles. The van der Waals surface area contributed by atoms with Crippen LogP contribution < -0.4 is 10.7 Å². The lowest BCUT2D eigenvalue weighted by Gasteiger charge is -2.15. The molecule has 130 valence electrons. The quantitative estimate of drug-likeness (QED) is 0.925. The number of nitrogens with one attached hydrogen (secondary N) is 1. The molecule has 0 saturated carbocycles. The van der Waals surface area contributed by atoms with Crippen LogP contribution in [0.25, 0.3) is 10.9 Å². The van der Waals surface area contributed by atoms with Gasteiger partial charge in [0.15, 0.2) is 0 Å². The molecule has 0 aliphatic rings. The van der Waals surface area contributed by atoms with E-state index in [-0.39, 0.29) is 17.0 Å². The molecule has 2 rings (SSSR count). The molecule has 2 aromatic rings. The van der Waals surface area contributed by atoms with Crippen molar-refractivity contribution in [3.05, 3.63) is 45.7 Å². The first-order valence-electron chi connectivity index (χ1n) is 7.74. The fourth-order valence-corrected chi connectivity index (χ4v) is 2.40. The van der Waals surface area contributed by atoms with E-state index in [1.807, 2.05) is 6.92 Å². The van der Waals surface area contributed by atoms with Gasteiger partial charge >= 0.3 is 6.18 Å². The normalized spacial score (nSPS) is 13.1. The average molecular weight is 340 g/mol. The number of carbonyl (C=O) groups is 1. The van der Waals surface area contributed by atoms with E-state index in [0.717, 1.165) is 12.1 Å². The summed E-state index contributed by atoms with van der Waals surface area (Å²) in [6.07, 6.45) is -2.47. The Labute approximate surface area is 137 Å². The molecule has 4 nitrogen and oxygen atoms in total. The molecule has 0 fully saturated rings. The number of benzene rings is 1. The summed E-state index contributed by atoms with van der Waals surface area (Å²) < 4.78 is 40.4. The van der Waals surface area contributed by atoms with E-state index in [4.69, 9.17) is 0 Å². The number of rotatable bonds is 4. The van der Waals surface area contributed by atoms with Crippen molar-refractivity contribution in [3.8, 4) is 0 Å². The number of amides is 1. The summed E-state index contributed by atoms with van der Waals surface area (Å²) >= 11 is 0. The fourth-order valence-electron chi connectivity index (χ4n) is 2.40. The third kappa shape index (κ3) is 3.44. The highest BCUT2D eigenvalue weighted by molar-refractivity contribution is 5.97. The molecule has 0 bridgehead atoms. The van der Waals surface area contributed by atoms with Crippen LogP contribution in [0, 0.1) is 0 Å². The predicted octanol–water partition coefficient (Wildman–Crippen LogP) is 3.57. The maximum atomic E-state index is 12.9. The van der Waals surface area contributed by atoms with Crippen molar-refractivity contribution in [2.24, 2.45) is 0 Å². The third-order valence-corrected chi connectivity index (χ3v) is 3.98. The average Bonchev–Trinajstić information content (AvgIpc) is 2.53. The minimum absolute atomic E-state index is 0.108. The first-order chi connectivity index (χ1) is 11.2. The Morgan fingerprint density at radius 1 is 1.29 bits per heavy atom. The summed E-state index contributed by atoms with van der Waals surface area (Å²) in [4.78, 5) is 24.8. The van der Waals surface area contributed by atoms with Crippen molar-refractivity contribution in [1.82, 2.24) is 9.88 Å². The standard InChI is InChI=1S/C17H19F3N2O2/c1-4-10(3)21-16(24)13-9-22(5-2)14-7-6-11(17(18,19)20)8-12(14)15(13)23/h6-10H,4-5H2,1-3H3,(H,21,24)/t10-/m1/s1. The van der Waals surface area contributed by atoms with Gasteiger partial charge in [-0.3, -0.25) is 9.59 Å². The second kappa shape index (κ2) is 6.67. The zero-order valence-corrected chi connectivity index (χ0v) is 13.7. The van der Waals surface area contributed by atoms with Gasteiger partial charge in [-0.2, -0.15) is 13.2 Å². The van der Waals surface area contributed by atoms with E-state index in [2.05, 4.69) is 5.32 Å². The molecule has 24 heavy (non-hydrogen) atoms. The van der Waals surface area contributed by atoms with Gasteiger partial charge in [-0.25, -0.2) is 0 Å². The second-order valence-electron chi connectivity index (χ2n) is 5.67. The summed E-state index contributed by atoms with van der Waals surface area (Å²) in [7, 11) is 0. The lowest BCUT2D eigenvalue weighted by Crippen LogP contribution is -2.35. The van der Waals surface area contributed by atoms with Crippen LogP contribution in [-0.4, -0.2) is 16.5 Å². The van der Waals surface area contributed by atoms with Gasteiger partial charge in [-0.05, 0) is 38.5 Å². The SMILES string of the molecule is CC[C@@H](C)NC(=O)c1cn(CC)c2ccc(C(F)(F)F)cc2c1=O. The molecule has 0 radical (unpaired) electrons. The molecule has 0 spiro atoms. The van der Waals surface area contributed by atoms with Crippen LogP contribution in [0.4, 0.5) is 13.2 Å². The molecule has 1 amide bonds. The van der Waals surface area contributed by atoms with Gasteiger partial charge in [0.05, 0.1) is 11.1 Å². The van der Waals surface area contributed by atoms with Crippen LogP contribution >= 0.6 is 0 Å². The van der Waals surface area contributed by atoms with Crippen molar-refractivity contribution in [2.45, 2.75) is 46.0 Å². The highest BCUT2D eigenvalue weighted by Crippen LogP contribution is 2.30. The van der Waals surface area contributed by atoms with Gasteiger partial charge in [-0.1, -0.05) is 6.92 Å². The molecule has 1 aromatic heterocycles. The van der Waals surface area contributed by atoms with E-state index in [1.165, 1.54) is 12.3 Å². The Balaban J connectivity index is 2.68. The number of halogens is 3. The van der Waals surface area contributed by atoms with Crippen LogP contribution in [0.2, 0.25) is 0 Å². The number of aryl methyl sites for hydroxylation is 1. The summed E-state index contributed by atoms with van der Waals surface area (Å²) in [5.41, 5.74) is -1.38. The Hall–Kier alpha value is -2.31. The molecule has 1 N–H and O–H groups in total. The smallest absolute Gasteiger partial charge is 0.349 e. The van der Waals surface area contributed by atoms with Crippen LogP contribution in [-0.2, 0) is 12.7 Å². The highest BCUT2D eigenvalue weighted by Gasteiger charge is 2.31. The van der Waals surface area contributed by atoms with Crippen molar-refractivity contribution in [3.63, 3.8) is 0 Å². The van der Waals surface area contributed by atoms with E-state index in [1.54, 1.807) is 18.4 Å². The minimum atomic E-state index is -4.55. The Morgan fingerprint density at radius 2 is 1.96 bits per heavy atom. The first-order valence-corrected chi connectivity index (χ1v) is 7.74. The number of alkyl halides is 3. The lowest BCUT2D eigenvalue weighted by atomic mass is 10.1. The molecule has 1 atom stereocenters. The zero-order valence-electron chi connectivity index (χ0n) is 13.7. The molecule has 0 aliphatic heterocycles. The van der Waals surface area contributed by atoms with Crippen LogP contribution in [0.15, 0.2) is 29.2 Å². The van der Waals surface area contributed by atoms with E-state index in [0.29, 0.717) is 18.5 Å². The molecule has 0 unspecified atom stereocenters. The monoisotopic (exact) mass is 340 g/mol. The molecule has 7 heteroatoms. The van der Waals surface area contributed by atoms with Gasteiger partial charge in [0.25, 0.3) is 5.91 Å². The number of hydrogen-bond acceptors (Lipinski definition) is 2. The van der Waals surface area contributed by atoms with Crippen LogP contribution in [0.1, 0.15) is 43.1 Å². The zero-order chi connectivity index (χ0) is 18.1. The summed E-state index contributed by atoms with van der Waals surface area (Å²) in [5.74, 6) is -0.573. The number of hydrogen-bond donors (Lipinski definition) is 1. The second-order valence-corrected chi connectivity index (χ2v) is 5.67. The van der Waals surface area contributed by atoms with Crippen molar-refractivity contribution in [1.29, 1.82) is 0 Å². The highest BCUT2D eigenvalue weighted by atomic mass is 19.4. The minimum Gasteiger partial charge on any atom is -0.349 e. The van der Waals surface area contributed by atoms with Gasteiger partial charge in [-0.15, -0.1) is 0 Å². The summed E-state index contributed by atoms with van der Waals surface area (Å²) in [6.45, 7) is 5.88. The van der Waals surface area contributed by atoms with E-state index >= 15 is 0 Å². The molecule has 1 heterocycles. The summed E-state index contributed by atoms with van der Waals surface area (Å²) in [5, 5.41) is 2.57. The Morgan fingerprint density at radius 3 is 2.50 bits per heavy atom. The largest absolute Gasteiger partial charge is 0.416 e. The van der Waals surface area contributed by atoms with Gasteiger partial charge in [0.1, 0.15) is 5.56 Å². The maximum absolute atomic E-state index is 12.9. The molecular weight excluding hydrogens is 321 g/mol. The van der Waals surface area contributed by atoms with Crippen molar-refractivity contribution >= 4 is 16.8 Å². The van der Waals surface area contributed by atoms with Crippen molar-refractivity contribution < 1.29 is 18.0 Å². The molecule has 0 saturated heterocycles. The number of nitrogens with zero attached hydrogens (tertiary/aromatic N) is 1. The number of carbonyl (C=O) groups excluding carboxylic acids is 1. The van der Waals surface area contributed by atoms with Crippen molar-refractivity contribution in [2.75, 3.05) is 0 Å². The van der Waals surface area contributed by atoms with Gasteiger partial charge in [0, 0.05) is 24.2 Å². The molecular formula is C17H19F3N2O2. The predicted molar refractivity (Wildman–Crippen MR) is 86.1 cm³/mol. The fraction of sp³-hybridized carbons (Fsp3) is 0.412. The Bertz CT molecular complexity index is 825. The van der Waals surface area contributed by atoms with E-state index in [9.17, 15) is 22.8 Å². The topological polar surface area (TPSA) is 51.1 Å². The molecule has 0 aliphatic carbocycles. The van der Waals surface area contributed by atoms with E-state index < -0.39 is 23.1 Å². The van der Waals surface area contributed by atoms with Crippen LogP contribution in [0.5, 0.6) is 0 Å². The summed E-state index contributed by atoms with van der Waals surface area (Å²) in [6, 6.07) is 2.88. The maximum Gasteiger partial charge on any atom is 0.416 e. The third-order valence-electron chi connectivity index (χ3n) is 3.98.